The lowest BCUT2D eigenvalue weighted by molar-refractivity contribution is 0.0128. The third kappa shape index (κ3) is 7.71. The Morgan fingerprint density at radius 3 is 2.74 bits per heavy atom. The van der Waals surface area contributed by atoms with E-state index in [0.29, 0.717) is 30.9 Å². The van der Waals surface area contributed by atoms with Crippen LogP contribution in [0.1, 0.15) is 40.0 Å². The maximum Gasteiger partial charge on any atom is 0.0897 e. The van der Waals surface area contributed by atoms with E-state index in [1.807, 2.05) is 0 Å². The fourth-order valence-corrected chi connectivity index (χ4v) is 2.31. The van der Waals surface area contributed by atoms with Crippen LogP contribution in [-0.2, 0) is 4.74 Å². The molecule has 0 fully saturated rings. The number of aliphatic hydroxyl groups excluding tert-OH is 1. The molecule has 0 radical (unpaired) electrons. The summed E-state index contributed by atoms with van der Waals surface area (Å²) in [6, 6.07) is 0. The molecule has 0 aromatic carbocycles. The molecular formula is C16H31NO2. The van der Waals surface area contributed by atoms with Crippen molar-refractivity contribution >= 4 is 0 Å². The first-order valence-corrected chi connectivity index (χ1v) is 7.71. The largest absolute Gasteiger partial charge is 0.389 e. The SMILES string of the molecule is CC(C)CCNCC(O)COCC1CC=CCC1C. The topological polar surface area (TPSA) is 41.5 Å². The summed E-state index contributed by atoms with van der Waals surface area (Å²) in [5.41, 5.74) is 0. The van der Waals surface area contributed by atoms with Gasteiger partial charge in [0, 0.05) is 6.54 Å². The molecule has 0 aromatic rings. The second kappa shape index (κ2) is 9.51. The minimum Gasteiger partial charge on any atom is -0.389 e. The minimum absolute atomic E-state index is 0.387. The van der Waals surface area contributed by atoms with Gasteiger partial charge in [-0.05, 0) is 43.6 Å². The van der Waals surface area contributed by atoms with Gasteiger partial charge in [0.25, 0.3) is 0 Å². The summed E-state index contributed by atoms with van der Waals surface area (Å²) in [4.78, 5) is 0. The first-order chi connectivity index (χ1) is 9.09. The predicted molar refractivity (Wildman–Crippen MR) is 80.2 cm³/mol. The molecule has 3 unspecified atom stereocenters. The van der Waals surface area contributed by atoms with Crippen molar-refractivity contribution in [2.24, 2.45) is 17.8 Å². The molecule has 0 heterocycles. The van der Waals surface area contributed by atoms with E-state index < -0.39 is 0 Å². The van der Waals surface area contributed by atoms with E-state index in [4.69, 9.17) is 4.74 Å². The second-order valence-corrected chi connectivity index (χ2v) is 6.26. The number of hydrogen-bond donors (Lipinski definition) is 2. The van der Waals surface area contributed by atoms with Crippen LogP contribution in [0, 0.1) is 17.8 Å². The number of rotatable bonds is 9. The van der Waals surface area contributed by atoms with Crippen molar-refractivity contribution in [3.05, 3.63) is 12.2 Å². The molecule has 1 aliphatic carbocycles. The number of aliphatic hydroxyl groups is 1. The Hall–Kier alpha value is -0.380. The van der Waals surface area contributed by atoms with Crippen molar-refractivity contribution in [1.82, 2.24) is 5.32 Å². The molecule has 3 nitrogen and oxygen atoms in total. The number of allylic oxidation sites excluding steroid dienone is 2. The van der Waals surface area contributed by atoms with Crippen LogP contribution in [0.25, 0.3) is 0 Å². The molecule has 3 heteroatoms. The number of nitrogens with one attached hydrogen (secondary N) is 1. The van der Waals surface area contributed by atoms with Gasteiger partial charge in [-0.3, -0.25) is 0 Å². The molecule has 0 saturated heterocycles. The lowest BCUT2D eigenvalue weighted by Crippen LogP contribution is -2.32. The minimum atomic E-state index is -0.387. The molecule has 0 bridgehead atoms. The van der Waals surface area contributed by atoms with E-state index in [0.717, 1.165) is 32.4 Å². The number of hydrogen-bond acceptors (Lipinski definition) is 3. The summed E-state index contributed by atoms with van der Waals surface area (Å²) in [6.45, 7) is 9.52. The van der Waals surface area contributed by atoms with E-state index >= 15 is 0 Å². The Labute approximate surface area is 118 Å². The van der Waals surface area contributed by atoms with Crippen LogP contribution in [0.15, 0.2) is 12.2 Å². The molecule has 0 aliphatic heterocycles. The average Bonchev–Trinajstić information content (AvgIpc) is 2.37. The lowest BCUT2D eigenvalue weighted by atomic mass is 9.85. The summed E-state index contributed by atoms with van der Waals surface area (Å²) < 4.78 is 5.66. The van der Waals surface area contributed by atoms with Crippen molar-refractivity contribution < 1.29 is 9.84 Å². The Bertz CT molecular complexity index is 253. The highest BCUT2D eigenvalue weighted by molar-refractivity contribution is 4.93. The molecule has 0 aromatic heterocycles. The molecule has 1 rings (SSSR count). The smallest absolute Gasteiger partial charge is 0.0897 e. The fraction of sp³-hybridized carbons (Fsp3) is 0.875. The van der Waals surface area contributed by atoms with Crippen LogP contribution in [0.5, 0.6) is 0 Å². The van der Waals surface area contributed by atoms with Crippen LogP contribution in [0.2, 0.25) is 0 Å². The Morgan fingerprint density at radius 1 is 1.32 bits per heavy atom. The van der Waals surface area contributed by atoms with E-state index in [1.54, 1.807) is 0 Å². The summed E-state index contributed by atoms with van der Waals surface area (Å²) >= 11 is 0. The van der Waals surface area contributed by atoms with E-state index in [9.17, 15) is 5.11 Å². The molecule has 19 heavy (non-hydrogen) atoms. The maximum absolute atomic E-state index is 9.81. The summed E-state index contributed by atoms with van der Waals surface area (Å²) in [6.07, 6.45) is 7.55. The monoisotopic (exact) mass is 269 g/mol. The zero-order valence-electron chi connectivity index (χ0n) is 12.8. The van der Waals surface area contributed by atoms with Crippen LogP contribution in [-0.4, -0.2) is 37.5 Å². The van der Waals surface area contributed by atoms with Gasteiger partial charge in [-0.15, -0.1) is 0 Å². The van der Waals surface area contributed by atoms with Gasteiger partial charge in [-0.25, -0.2) is 0 Å². The maximum atomic E-state index is 9.81. The van der Waals surface area contributed by atoms with Gasteiger partial charge >= 0.3 is 0 Å². The standard InChI is InChI=1S/C16H31NO2/c1-13(2)8-9-17-10-16(18)12-19-11-15-7-5-4-6-14(15)3/h4-5,13-18H,6-12H2,1-3H3. The molecule has 2 N–H and O–H groups in total. The van der Waals surface area contributed by atoms with Gasteiger partial charge in [-0.1, -0.05) is 32.9 Å². The average molecular weight is 269 g/mol. The van der Waals surface area contributed by atoms with Crippen molar-refractivity contribution in [3.63, 3.8) is 0 Å². The van der Waals surface area contributed by atoms with Crippen LogP contribution in [0.4, 0.5) is 0 Å². The van der Waals surface area contributed by atoms with Gasteiger partial charge in [0.2, 0.25) is 0 Å². The zero-order valence-corrected chi connectivity index (χ0v) is 12.8. The highest BCUT2D eigenvalue weighted by Gasteiger charge is 2.18. The van der Waals surface area contributed by atoms with E-state index in [1.165, 1.54) is 0 Å². The van der Waals surface area contributed by atoms with Gasteiger partial charge in [0.05, 0.1) is 19.3 Å². The van der Waals surface area contributed by atoms with Gasteiger partial charge < -0.3 is 15.2 Å². The predicted octanol–water partition coefficient (Wildman–Crippen LogP) is 2.60. The van der Waals surface area contributed by atoms with Crippen molar-refractivity contribution in [2.75, 3.05) is 26.3 Å². The van der Waals surface area contributed by atoms with Crippen molar-refractivity contribution in [1.29, 1.82) is 0 Å². The van der Waals surface area contributed by atoms with Gasteiger partial charge in [0.1, 0.15) is 0 Å². The summed E-state index contributed by atoms with van der Waals surface area (Å²) in [5, 5.41) is 13.1. The fourth-order valence-electron chi connectivity index (χ4n) is 2.31. The molecular weight excluding hydrogens is 238 g/mol. The Balaban J connectivity index is 2.00. The molecule has 112 valence electrons. The summed E-state index contributed by atoms with van der Waals surface area (Å²) in [5.74, 6) is 2.03. The molecule has 3 atom stereocenters. The van der Waals surface area contributed by atoms with Crippen LogP contribution >= 0.6 is 0 Å². The third-order valence-corrected chi connectivity index (χ3v) is 3.84. The molecule has 0 saturated carbocycles. The van der Waals surface area contributed by atoms with E-state index in [-0.39, 0.29) is 6.10 Å². The summed E-state index contributed by atoms with van der Waals surface area (Å²) in [7, 11) is 0. The lowest BCUT2D eigenvalue weighted by Gasteiger charge is -2.25. The van der Waals surface area contributed by atoms with Gasteiger partial charge in [-0.2, -0.15) is 0 Å². The first kappa shape index (κ1) is 16.7. The van der Waals surface area contributed by atoms with Gasteiger partial charge in [0.15, 0.2) is 0 Å². The quantitative estimate of drug-likeness (QED) is 0.499. The van der Waals surface area contributed by atoms with Crippen molar-refractivity contribution in [2.45, 2.75) is 46.1 Å². The second-order valence-electron chi connectivity index (χ2n) is 6.26. The van der Waals surface area contributed by atoms with Crippen LogP contribution < -0.4 is 5.32 Å². The zero-order chi connectivity index (χ0) is 14.1. The Morgan fingerprint density at radius 2 is 2.05 bits per heavy atom. The third-order valence-electron chi connectivity index (χ3n) is 3.84. The normalized spacial score (nSPS) is 24.9. The first-order valence-electron chi connectivity index (χ1n) is 7.71. The molecule has 0 spiro atoms. The highest BCUT2D eigenvalue weighted by atomic mass is 16.5. The van der Waals surface area contributed by atoms with Crippen LogP contribution in [0.3, 0.4) is 0 Å². The Kier molecular flexibility index (Phi) is 8.35. The van der Waals surface area contributed by atoms with E-state index in [2.05, 4.69) is 38.2 Å². The molecule has 0 amide bonds. The van der Waals surface area contributed by atoms with Crippen molar-refractivity contribution in [3.8, 4) is 0 Å². The number of ether oxygens (including phenoxy) is 1. The molecule has 1 aliphatic rings. The highest BCUT2D eigenvalue weighted by Crippen LogP contribution is 2.24.